The van der Waals surface area contributed by atoms with Crippen LogP contribution in [0.4, 0.5) is 10.5 Å². The topological polar surface area (TPSA) is 105 Å². The maximum Gasteiger partial charge on any atom is 0.407 e. The molecule has 0 heterocycles. The van der Waals surface area contributed by atoms with Crippen molar-refractivity contribution in [1.82, 2.24) is 5.32 Å². The number of alkyl carbamates (subject to hydrolysis) is 1. The summed E-state index contributed by atoms with van der Waals surface area (Å²) in [5.41, 5.74) is 4.90. The molecular formula is C27H26N2O5S. The average molecular weight is 491 g/mol. The zero-order valence-electron chi connectivity index (χ0n) is 19.2. The minimum Gasteiger partial charge on any atom is -0.478 e. The van der Waals surface area contributed by atoms with Gasteiger partial charge in [-0.05, 0) is 58.9 Å². The molecule has 0 aromatic heterocycles. The number of fused-ring (bicyclic) bond motifs is 3. The first kappa shape index (κ1) is 24.3. The first-order valence-corrected chi connectivity index (χ1v) is 12.6. The molecule has 2 amide bonds. The Morgan fingerprint density at radius 3 is 2.26 bits per heavy atom. The second-order valence-electron chi connectivity index (χ2n) is 8.18. The lowest BCUT2D eigenvalue weighted by Gasteiger charge is -2.19. The van der Waals surface area contributed by atoms with E-state index in [2.05, 4.69) is 22.8 Å². The van der Waals surface area contributed by atoms with Crippen LogP contribution >= 0.6 is 11.8 Å². The van der Waals surface area contributed by atoms with Crippen LogP contribution in [-0.4, -0.2) is 47.7 Å². The summed E-state index contributed by atoms with van der Waals surface area (Å²) in [5, 5.41) is 14.5. The van der Waals surface area contributed by atoms with Gasteiger partial charge < -0.3 is 20.5 Å². The molecule has 35 heavy (non-hydrogen) atoms. The van der Waals surface area contributed by atoms with Crippen molar-refractivity contribution in [1.29, 1.82) is 0 Å². The van der Waals surface area contributed by atoms with Gasteiger partial charge in [-0.1, -0.05) is 54.6 Å². The number of hydrogen-bond donors (Lipinski definition) is 3. The summed E-state index contributed by atoms with van der Waals surface area (Å²) >= 11 is 1.56. The van der Waals surface area contributed by atoms with Crippen molar-refractivity contribution in [2.24, 2.45) is 0 Å². The molecule has 0 saturated carbocycles. The molecule has 0 radical (unpaired) electrons. The second-order valence-corrected chi connectivity index (χ2v) is 9.16. The number of nitrogens with one attached hydrogen (secondary N) is 2. The van der Waals surface area contributed by atoms with Crippen molar-refractivity contribution in [3.8, 4) is 11.1 Å². The van der Waals surface area contributed by atoms with Crippen LogP contribution in [0.3, 0.4) is 0 Å². The Balaban J connectivity index is 1.41. The van der Waals surface area contributed by atoms with Crippen LogP contribution in [0.25, 0.3) is 11.1 Å². The number of carboxylic acid groups (broad SMARTS) is 1. The molecule has 3 aromatic rings. The van der Waals surface area contributed by atoms with E-state index in [-0.39, 0.29) is 18.1 Å². The molecule has 7 nitrogen and oxygen atoms in total. The first-order valence-electron chi connectivity index (χ1n) is 11.2. The quantitative estimate of drug-likeness (QED) is 0.391. The Morgan fingerprint density at radius 2 is 1.63 bits per heavy atom. The minimum absolute atomic E-state index is 0.0629. The smallest absolute Gasteiger partial charge is 0.407 e. The number of carbonyl (C=O) groups is 3. The van der Waals surface area contributed by atoms with E-state index in [1.165, 1.54) is 12.1 Å². The van der Waals surface area contributed by atoms with Crippen molar-refractivity contribution >= 4 is 35.4 Å². The highest BCUT2D eigenvalue weighted by atomic mass is 32.2. The lowest BCUT2D eigenvalue weighted by atomic mass is 9.98. The van der Waals surface area contributed by atoms with Gasteiger partial charge in [0.2, 0.25) is 5.91 Å². The molecule has 180 valence electrons. The van der Waals surface area contributed by atoms with E-state index in [4.69, 9.17) is 4.74 Å². The summed E-state index contributed by atoms with van der Waals surface area (Å²) in [7, 11) is 0. The Hall–Kier alpha value is -3.78. The minimum atomic E-state index is -1.09. The van der Waals surface area contributed by atoms with Gasteiger partial charge in [0.1, 0.15) is 12.6 Å². The lowest BCUT2D eigenvalue weighted by molar-refractivity contribution is -0.118. The standard InChI is InChI=1S/C27H26N2O5S/c1-35-14-13-24(25(30)28-18-8-6-7-17(15-18)26(31)32)29-27(33)34-16-23-21-11-4-2-9-19(21)20-10-3-5-12-22(20)23/h2-12,15,23-24H,13-14,16H2,1H3,(H,28,30)(H,29,33)(H,31,32). The van der Waals surface area contributed by atoms with Crippen LogP contribution in [0.2, 0.25) is 0 Å². The molecule has 3 N–H and O–H groups in total. The van der Waals surface area contributed by atoms with Gasteiger partial charge in [-0.2, -0.15) is 11.8 Å². The highest BCUT2D eigenvalue weighted by molar-refractivity contribution is 7.98. The molecule has 0 bridgehead atoms. The molecule has 4 rings (SSSR count). The molecule has 1 aliphatic carbocycles. The molecule has 0 aliphatic heterocycles. The number of hydrogen-bond acceptors (Lipinski definition) is 5. The van der Waals surface area contributed by atoms with Gasteiger partial charge in [-0.15, -0.1) is 0 Å². The van der Waals surface area contributed by atoms with E-state index < -0.39 is 24.0 Å². The number of thioether (sulfide) groups is 1. The number of amides is 2. The van der Waals surface area contributed by atoms with Gasteiger partial charge in [0, 0.05) is 11.6 Å². The Kier molecular flexibility index (Phi) is 7.72. The van der Waals surface area contributed by atoms with E-state index in [1.807, 2.05) is 42.7 Å². The predicted octanol–water partition coefficient (Wildman–Crippen LogP) is 4.98. The summed E-state index contributed by atoms with van der Waals surface area (Å²) in [4.78, 5) is 36.8. The normalized spacial score (nSPS) is 12.8. The third kappa shape index (κ3) is 5.66. The van der Waals surface area contributed by atoms with Gasteiger partial charge in [-0.3, -0.25) is 4.79 Å². The monoisotopic (exact) mass is 490 g/mol. The number of rotatable bonds is 9. The van der Waals surface area contributed by atoms with Crippen molar-refractivity contribution in [3.63, 3.8) is 0 Å². The van der Waals surface area contributed by atoms with Gasteiger partial charge in [0.05, 0.1) is 5.56 Å². The average Bonchev–Trinajstić information content (AvgIpc) is 3.19. The van der Waals surface area contributed by atoms with E-state index in [0.29, 0.717) is 17.9 Å². The third-order valence-electron chi connectivity index (χ3n) is 5.94. The van der Waals surface area contributed by atoms with Gasteiger partial charge >= 0.3 is 12.1 Å². The highest BCUT2D eigenvalue weighted by Crippen LogP contribution is 2.44. The highest BCUT2D eigenvalue weighted by Gasteiger charge is 2.29. The van der Waals surface area contributed by atoms with Crippen LogP contribution < -0.4 is 10.6 Å². The Morgan fingerprint density at radius 1 is 0.971 bits per heavy atom. The van der Waals surface area contributed by atoms with E-state index >= 15 is 0 Å². The number of carbonyl (C=O) groups excluding carboxylic acids is 2. The molecule has 1 unspecified atom stereocenters. The first-order chi connectivity index (χ1) is 17.0. The lowest BCUT2D eigenvalue weighted by Crippen LogP contribution is -2.44. The molecule has 1 aliphatic rings. The van der Waals surface area contributed by atoms with Gasteiger partial charge in [0.25, 0.3) is 0 Å². The molecule has 8 heteroatoms. The van der Waals surface area contributed by atoms with Crippen molar-refractivity contribution in [2.45, 2.75) is 18.4 Å². The number of carboxylic acids is 1. The number of aromatic carboxylic acids is 1. The number of ether oxygens (including phenoxy) is 1. The van der Waals surface area contributed by atoms with Crippen LogP contribution in [-0.2, 0) is 9.53 Å². The summed E-state index contributed by atoms with van der Waals surface area (Å²) in [6.45, 7) is 0.150. The SMILES string of the molecule is CSCCC(NC(=O)OCC1c2ccccc2-c2ccccc21)C(=O)Nc1cccc(C(=O)O)c1. The summed E-state index contributed by atoms with van der Waals surface area (Å²) in [6, 6.07) is 21.3. The maximum absolute atomic E-state index is 12.9. The molecule has 0 spiro atoms. The summed E-state index contributed by atoms with van der Waals surface area (Å²) in [6.07, 6.45) is 1.64. The predicted molar refractivity (Wildman–Crippen MR) is 137 cm³/mol. The van der Waals surface area contributed by atoms with Crippen molar-refractivity contribution in [2.75, 3.05) is 23.9 Å². The second kappa shape index (κ2) is 11.1. The zero-order chi connectivity index (χ0) is 24.8. The Bertz CT molecular complexity index is 1200. The fraction of sp³-hybridized carbons (Fsp3) is 0.222. The number of benzene rings is 3. The molecule has 0 fully saturated rings. The molecule has 1 atom stereocenters. The van der Waals surface area contributed by atoms with E-state index in [1.54, 1.807) is 23.9 Å². The fourth-order valence-electron chi connectivity index (χ4n) is 4.25. The third-order valence-corrected chi connectivity index (χ3v) is 6.58. The summed E-state index contributed by atoms with van der Waals surface area (Å²) < 4.78 is 5.59. The van der Waals surface area contributed by atoms with Crippen molar-refractivity contribution < 1.29 is 24.2 Å². The largest absolute Gasteiger partial charge is 0.478 e. The number of anilines is 1. The van der Waals surface area contributed by atoms with Crippen LogP contribution in [0.5, 0.6) is 0 Å². The van der Waals surface area contributed by atoms with Crippen LogP contribution in [0.1, 0.15) is 33.8 Å². The zero-order valence-corrected chi connectivity index (χ0v) is 20.0. The molecular weight excluding hydrogens is 464 g/mol. The van der Waals surface area contributed by atoms with E-state index in [9.17, 15) is 19.5 Å². The van der Waals surface area contributed by atoms with Gasteiger partial charge in [0.15, 0.2) is 0 Å². The van der Waals surface area contributed by atoms with Gasteiger partial charge in [-0.25, -0.2) is 9.59 Å². The summed E-state index contributed by atoms with van der Waals surface area (Å²) in [5.74, 6) is -0.950. The van der Waals surface area contributed by atoms with E-state index in [0.717, 1.165) is 22.3 Å². The van der Waals surface area contributed by atoms with Crippen LogP contribution in [0.15, 0.2) is 72.8 Å². The van der Waals surface area contributed by atoms with Crippen LogP contribution in [0, 0.1) is 0 Å². The molecule has 0 saturated heterocycles. The molecule has 3 aromatic carbocycles. The van der Waals surface area contributed by atoms with Crippen molar-refractivity contribution in [3.05, 3.63) is 89.5 Å². The fourth-order valence-corrected chi connectivity index (χ4v) is 4.72. The maximum atomic E-state index is 12.9. The Labute approximate surface area is 207 Å².